The predicted molar refractivity (Wildman–Crippen MR) is 90.0 cm³/mol. The molecule has 114 valence electrons. The molecule has 0 saturated carbocycles. The van der Waals surface area contributed by atoms with Crippen molar-refractivity contribution >= 4 is 11.6 Å². The molecule has 3 heteroatoms. The summed E-state index contributed by atoms with van der Waals surface area (Å²) < 4.78 is 0. The maximum atomic E-state index is 12.2. The zero-order valence-electron chi connectivity index (χ0n) is 12.8. The molecule has 22 heavy (non-hydrogen) atoms. The van der Waals surface area contributed by atoms with Crippen LogP contribution in [0.5, 0.6) is 0 Å². The molecule has 0 atom stereocenters. The standard InChI is InChI=1S/C19H22N2O/c22-19(15-21-12-6-7-13-21)20-18-11-5-4-10-17(18)14-16-8-2-1-3-9-16/h1-5,8-11H,6-7,12-15H2,(H,20,22). The van der Waals surface area contributed by atoms with E-state index in [0.717, 1.165) is 30.8 Å². The number of likely N-dealkylation sites (tertiary alicyclic amines) is 1. The molecule has 1 aliphatic rings. The number of amides is 1. The van der Waals surface area contributed by atoms with Gasteiger partial charge in [-0.15, -0.1) is 0 Å². The largest absolute Gasteiger partial charge is 0.325 e. The van der Waals surface area contributed by atoms with Crippen molar-refractivity contribution in [3.05, 3.63) is 65.7 Å². The van der Waals surface area contributed by atoms with Gasteiger partial charge in [0.1, 0.15) is 0 Å². The van der Waals surface area contributed by atoms with E-state index >= 15 is 0 Å². The van der Waals surface area contributed by atoms with Gasteiger partial charge in [0.25, 0.3) is 0 Å². The number of carbonyl (C=O) groups is 1. The van der Waals surface area contributed by atoms with Gasteiger partial charge in [-0.3, -0.25) is 9.69 Å². The Morgan fingerprint density at radius 1 is 0.955 bits per heavy atom. The molecule has 1 amide bonds. The minimum Gasteiger partial charge on any atom is -0.325 e. The molecule has 2 aromatic rings. The summed E-state index contributed by atoms with van der Waals surface area (Å²) in [4.78, 5) is 14.4. The van der Waals surface area contributed by atoms with E-state index in [-0.39, 0.29) is 5.91 Å². The molecule has 0 aromatic heterocycles. The Hall–Kier alpha value is -2.13. The number of rotatable bonds is 5. The van der Waals surface area contributed by atoms with Crippen molar-refractivity contribution in [3.63, 3.8) is 0 Å². The van der Waals surface area contributed by atoms with Gasteiger partial charge in [0, 0.05) is 5.69 Å². The van der Waals surface area contributed by atoms with E-state index in [1.54, 1.807) is 0 Å². The highest BCUT2D eigenvalue weighted by molar-refractivity contribution is 5.93. The Kier molecular flexibility index (Phi) is 4.86. The lowest BCUT2D eigenvalue weighted by molar-refractivity contribution is -0.117. The topological polar surface area (TPSA) is 32.3 Å². The molecule has 3 nitrogen and oxygen atoms in total. The van der Waals surface area contributed by atoms with Crippen LogP contribution < -0.4 is 5.32 Å². The van der Waals surface area contributed by atoms with E-state index in [1.165, 1.54) is 18.4 Å². The van der Waals surface area contributed by atoms with Crippen molar-refractivity contribution in [3.8, 4) is 0 Å². The minimum atomic E-state index is 0.0856. The monoisotopic (exact) mass is 294 g/mol. The Morgan fingerprint density at radius 3 is 2.41 bits per heavy atom. The molecule has 1 N–H and O–H groups in total. The van der Waals surface area contributed by atoms with E-state index in [2.05, 4.69) is 28.4 Å². The Labute approximate surface area is 132 Å². The first-order valence-corrected chi connectivity index (χ1v) is 7.95. The molecule has 0 aliphatic carbocycles. The van der Waals surface area contributed by atoms with E-state index in [1.807, 2.05) is 36.4 Å². The molecule has 1 saturated heterocycles. The normalized spacial score (nSPS) is 14.9. The van der Waals surface area contributed by atoms with Crippen molar-refractivity contribution in [1.82, 2.24) is 4.90 Å². The summed E-state index contributed by atoms with van der Waals surface area (Å²) in [6.45, 7) is 2.58. The summed E-state index contributed by atoms with van der Waals surface area (Å²) in [5.41, 5.74) is 3.34. The maximum Gasteiger partial charge on any atom is 0.238 e. The molecule has 0 unspecified atom stereocenters. The predicted octanol–water partition coefficient (Wildman–Crippen LogP) is 3.31. The van der Waals surface area contributed by atoms with Gasteiger partial charge in [0.2, 0.25) is 5.91 Å². The van der Waals surface area contributed by atoms with Crippen LogP contribution in [0.25, 0.3) is 0 Å². The van der Waals surface area contributed by atoms with Crippen molar-refractivity contribution in [2.24, 2.45) is 0 Å². The maximum absolute atomic E-state index is 12.2. The van der Waals surface area contributed by atoms with Gasteiger partial charge in [0.05, 0.1) is 6.54 Å². The summed E-state index contributed by atoms with van der Waals surface area (Å²) in [5.74, 6) is 0.0856. The van der Waals surface area contributed by atoms with Crippen LogP contribution in [0.1, 0.15) is 24.0 Å². The molecule has 0 spiro atoms. The zero-order valence-corrected chi connectivity index (χ0v) is 12.8. The molecular formula is C19H22N2O. The molecule has 0 bridgehead atoms. The number of benzene rings is 2. The van der Waals surface area contributed by atoms with Crippen LogP contribution in [-0.2, 0) is 11.2 Å². The number of hydrogen-bond donors (Lipinski definition) is 1. The summed E-state index contributed by atoms with van der Waals surface area (Å²) in [5, 5.41) is 3.08. The highest BCUT2D eigenvalue weighted by atomic mass is 16.2. The average Bonchev–Trinajstić information content (AvgIpc) is 3.03. The van der Waals surface area contributed by atoms with E-state index in [9.17, 15) is 4.79 Å². The number of hydrogen-bond acceptors (Lipinski definition) is 2. The first kappa shape index (κ1) is 14.8. The van der Waals surface area contributed by atoms with Gasteiger partial charge in [-0.2, -0.15) is 0 Å². The molecule has 0 radical (unpaired) electrons. The summed E-state index contributed by atoms with van der Waals surface area (Å²) in [6.07, 6.45) is 3.25. The van der Waals surface area contributed by atoms with Crippen LogP contribution in [-0.4, -0.2) is 30.4 Å². The van der Waals surface area contributed by atoms with Crippen LogP contribution in [0.15, 0.2) is 54.6 Å². The fourth-order valence-electron chi connectivity index (χ4n) is 2.95. The van der Waals surface area contributed by atoms with Crippen LogP contribution in [0, 0.1) is 0 Å². The zero-order chi connectivity index (χ0) is 15.2. The van der Waals surface area contributed by atoms with Crippen LogP contribution in [0.4, 0.5) is 5.69 Å². The van der Waals surface area contributed by atoms with Gasteiger partial charge in [-0.25, -0.2) is 0 Å². The lowest BCUT2D eigenvalue weighted by atomic mass is 10.0. The number of para-hydroxylation sites is 1. The molecule has 1 fully saturated rings. The van der Waals surface area contributed by atoms with Crippen molar-refractivity contribution in [2.75, 3.05) is 25.0 Å². The Balaban J connectivity index is 1.66. The van der Waals surface area contributed by atoms with Gasteiger partial charge < -0.3 is 5.32 Å². The van der Waals surface area contributed by atoms with E-state index < -0.39 is 0 Å². The third-order valence-corrected chi connectivity index (χ3v) is 4.09. The second-order valence-electron chi connectivity index (χ2n) is 5.85. The van der Waals surface area contributed by atoms with Crippen LogP contribution >= 0.6 is 0 Å². The SMILES string of the molecule is O=C(CN1CCCC1)Nc1ccccc1Cc1ccccc1. The first-order chi connectivity index (χ1) is 10.8. The molecule has 1 aliphatic heterocycles. The molecule has 1 heterocycles. The third-order valence-electron chi connectivity index (χ3n) is 4.09. The van der Waals surface area contributed by atoms with Crippen molar-refractivity contribution in [2.45, 2.75) is 19.3 Å². The highest BCUT2D eigenvalue weighted by Gasteiger charge is 2.15. The fourth-order valence-corrected chi connectivity index (χ4v) is 2.95. The smallest absolute Gasteiger partial charge is 0.238 e. The minimum absolute atomic E-state index is 0.0856. The first-order valence-electron chi connectivity index (χ1n) is 7.95. The second kappa shape index (κ2) is 7.23. The number of carbonyl (C=O) groups excluding carboxylic acids is 1. The molecule has 2 aromatic carbocycles. The Morgan fingerprint density at radius 2 is 1.64 bits per heavy atom. The lowest BCUT2D eigenvalue weighted by Gasteiger charge is -2.16. The summed E-state index contributed by atoms with van der Waals surface area (Å²) in [6, 6.07) is 18.4. The van der Waals surface area contributed by atoms with E-state index in [0.29, 0.717) is 6.54 Å². The average molecular weight is 294 g/mol. The Bertz CT molecular complexity index is 618. The quantitative estimate of drug-likeness (QED) is 0.917. The van der Waals surface area contributed by atoms with Crippen LogP contribution in [0.2, 0.25) is 0 Å². The number of nitrogens with zero attached hydrogens (tertiary/aromatic N) is 1. The highest BCUT2D eigenvalue weighted by Crippen LogP contribution is 2.19. The third kappa shape index (κ3) is 3.95. The van der Waals surface area contributed by atoms with E-state index in [4.69, 9.17) is 0 Å². The van der Waals surface area contributed by atoms with Gasteiger partial charge >= 0.3 is 0 Å². The fraction of sp³-hybridized carbons (Fsp3) is 0.316. The van der Waals surface area contributed by atoms with Crippen molar-refractivity contribution in [1.29, 1.82) is 0 Å². The van der Waals surface area contributed by atoms with Crippen molar-refractivity contribution < 1.29 is 4.79 Å². The van der Waals surface area contributed by atoms with Gasteiger partial charge in [-0.1, -0.05) is 48.5 Å². The van der Waals surface area contributed by atoms with Crippen LogP contribution in [0.3, 0.4) is 0 Å². The number of anilines is 1. The van der Waals surface area contributed by atoms with Gasteiger partial charge in [-0.05, 0) is 49.5 Å². The summed E-state index contributed by atoms with van der Waals surface area (Å²) >= 11 is 0. The second-order valence-corrected chi connectivity index (χ2v) is 5.85. The number of nitrogens with one attached hydrogen (secondary N) is 1. The van der Waals surface area contributed by atoms with Gasteiger partial charge in [0.15, 0.2) is 0 Å². The molecule has 3 rings (SSSR count). The lowest BCUT2D eigenvalue weighted by Crippen LogP contribution is -2.31. The summed E-state index contributed by atoms with van der Waals surface area (Å²) in [7, 11) is 0. The molecular weight excluding hydrogens is 272 g/mol.